The lowest BCUT2D eigenvalue weighted by Crippen LogP contribution is -2.14. The third-order valence-corrected chi connectivity index (χ3v) is 4.63. The summed E-state index contributed by atoms with van der Waals surface area (Å²) in [5.41, 5.74) is 4.11. The first-order chi connectivity index (χ1) is 10.6. The van der Waals surface area contributed by atoms with Gasteiger partial charge in [-0.15, -0.1) is 0 Å². The third-order valence-electron chi connectivity index (χ3n) is 4.63. The van der Waals surface area contributed by atoms with Gasteiger partial charge in [0.2, 0.25) is 0 Å². The van der Waals surface area contributed by atoms with Gasteiger partial charge in [-0.05, 0) is 37.8 Å². The lowest BCUT2D eigenvalue weighted by molar-refractivity contribution is 0.102. The van der Waals surface area contributed by atoms with E-state index in [-0.39, 0.29) is 5.91 Å². The van der Waals surface area contributed by atoms with Crippen LogP contribution in [0.4, 0.5) is 5.82 Å². The smallest absolute Gasteiger partial charge is 0.258 e. The van der Waals surface area contributed by atoms with E-state index < -0.39 is 0 Å². The van der Waals surface area contributed by atoms with E-state index in [0.717, 1.165) is 29.0 Å². The molecular weight excluding hydrogens is 278 g/mol. The molecule has 0 bridgehead atoms. The highest BCUT2D eigenvalue weighted by atomic mass is 16.5. The largest absolute Gasteiger partial charge is 0.491 e. The fourth-order valence-corrected chi connectivity index (χ4v) is 3.06. The van der Waals surface area contributed by atoms with Crippen LogP contribution < -0.4 is 10.1 Å². The van der Waals surface area contributed by atoms with Crippen molar-refractivity contribution in [3.63, 3.8) is 0 Å². The molecule has 5 nitrogen and oxygen atoms in total. The molecule has 0 spiro atoms. The molecule has 114 valence electrons. The lowest BCUT2D eigenvalue weighted by Gasteiger charge is -2.06. The van der Waals surface area contributed by atoms with Crippen molar-refractivity contribution >= 4 is 11.7 Å². The number of aromatic nitrogens is 2. The molecule has 1 amide bonds. The summed E-state index contributed by atoms with van der Waals surface area (Å²) in [6.45, 7) is 2.68. The van der Waals surface area contributed by atoms with Gasteiger partial charge >= 0.3 is 0 Å². The predicted octanol–water partition coefficient (Wildman–Crippen LogP) is 2.79. The molecule has 2 aliphatic rings. The van der Waals surface area contributed by atoms with Crippen molar-refractivity contribution in [2.75, 3.05) is 11.9 Å². The average molecular weight is 297 g/mol. The van der Waals surface area contributed by atoms with Crippen molar-refractivity contribution in [1.82, 2.24) is 9.55 Å². The van der Waals surface area contributed by atoms with Crippen LogP contribution in [0.5, 0.6) is 5.75 Å². The van der Waals surface area contributed by atoms with Crippen LogP contribution in [-0.2, 0) is 13.5 Å². The molecule has 0 atom stereocenters. The molecule has 0 unspecified atom stereocenters. The zero-order valence-electron chi connectivity index (χ0n) is 12.8. The number of rotatable bonds is 3. The van der Waals surface area contributed by atoms with Gasteiger partial charge in [0.15, 0.2) is 0 Å². The Morgan fingerprint density at radius 2 is 2.23 bits per heavy atom. The number of carbonyl (C=O) groups excluding carboxylic acids is 1. The van der Waals surface area contributed by atoms with Gasteiger partial charge in [0.05, 0.1) is 18.4 Å². The molecule has 0 saturated heterocycles. The van der Waals surface area contributed by atoms with Gasteiger partial charge in [-0.1, -0.05) is 0 Å². The normalized spacial score (nSPS) is 16.3. The Kier molecular flexibility index (Phi) is 2.96. The van der Waals surface area contributed by atoms with Gasteiger partial charge in [0, 0.05) is 30.4 Å². The Balaban J connectivity index is 1.58. The molecule has 0 radical (unpaired) electrons. The first-order valence-corrected chi connectivity index (χ1v) is 7.73. The molecule has 5 heteroatoms. The number of pyridine rings is 1. The molecule has 2 aromatic heterocycles. The number of hydrogen-bond donors (Lipinski definition) is 1. The highest BCUT2D eigenvalue weighted by Crippen LogP contribution is 2.41. The van der Waals surface area contributed by atoms with Crippen LogP contribution in [0, 0.1) is 6.92 Å². The Morgan fingerprint density at radius 3 is 3.00 bits per heavy atom. The van der Waals surface area contributed by atoms with Crippen LogP contribution in [0.1, 0.15) is 46.1 Å². The van der Waals surface area contributed by atoms with Crippen molar-refractivity contribution in [1.29, 1.82) is 0 Å². The molecular formula is C17H19N3O2. The number of nitrogens with zero attached hydrogens (tertiary/aromatic N) is 2. The van der Waals surface area contributed by atoms with E-state index in [4.69, 9.17) is 4.74 Å². The second-order valence-electron chi connectivity index (χ2n) is 6.13. The van der Waals surface area contributed by atoms with Crippen molar-refractivity contribution < 1.29 is 9.53 Å². The summed E-state index contributed by atoms with van der Waals surface area (Å²) >= 11 is 0. The summed E-state index contributed by atoms with van der Waals surface area (Å²) in [5, 5.41) is 2.91. The van der Waals surface area contributed by atoms with Crippen LogP contribution in [0.15, 0.2) is 18.3 Å². The SMILES string of the molecule is Cc1c(C(=O)Nc2cc3c(cn2)OCC3)cc(C2CC2)n1C. The molecule has 1 N–H and O–H groups in total. The summed E-state index contributed by atoms with van der Waals surface area (Å²) < 4.78 is 7.57. The van der Waals surface area contributed by atoms with Crippen molar-refractivity contribution in [3.05, 3.63) is 40.8 Å². The maximum Gasteiger partial charge on any atom is 0.258 e. The van der Waals surface area contributed by atoms with Gasteiger partial charge in [-0.25, -0.2) is 4.98 Å². The maximum absolute atomic E-state index is 12.5. The topological polar surface area (TPSA) is 56.1 Å². The highest BCUT2D eigenvalue weighted by molar-refractivity contribution is 6.05. The van der Waals surface area contributed by atoms with Crippen LogP contribution in [-0.4, -0.2) is 22.1 Å². The monoisotopic (exact) mass is 297 g/mol. The zero-order chi connectivity index (χ0) is 15.3. The Labute approximate surface area is 129 Å². The Hall–Kier alpha value is -2.30. The third kappa shape index (κ3) is 2.17. The van der Waals surface area contributed by atoms with Crippen LogP contribution in [0.25, 0.3) is 0 Å². The quantitative estimate of drug-likeness (QED) is 0.947. The number of nitrogens with one attached hydrogen (secondary N) is 1. The van der Waals surface area contributed by atoms with Gasteiger partial charge in [-0.2, -0.15) is 0 Å². The molecule has 0 aromatic carbocycles. The standard InChI is InChI=1S/C17H19N3O2/c1-10-13(8-14(20(10)2)11-3-4-11)17(21)19-16-7-12-5-6-22-15(12)9-18-16/h7-9,11H,3-6H2,1-2H3,(H,18,19,21). The first-order valence-electron chi connectivity index (χ1n) is 7.73. The highest BCUT2D eigenvalue weighted by Gasteiger charge is 2.29. The molecule has 1 aliphatic carbocycles. The minimum Gasteiger partial charge on any atom is -0.491 e. The molecule has 1 fully saturated rings. The van der Waals surface area contributed by atoms with Crippen molar-refractivity contribution in [2.45, 2.75) is 32.1 Å². The summed E-state index contributed by atoms with van der Waals surface area (Å²) in [6.07, 6.45) is 5.01. The molecule has 22 heavy (non-hydrogen) atoms. The summed E-state index contributed by atoms with van der Waals surface area (Å²) in [4.78, 5) is 16.8. The fraction of sp³-hybridized carbons (Fsp3) is 0.412. The molecule has 3 heterocycles. The molecule has 4 rings (SSSR count). The number of anilines is 1. The number of ether oxygens (including phenoxy) is 1. The summed E-state index contributed by atoms with van der Waals surface area (Å²) in [6, 6.07) is 3.93. The van der Waals surface area contributed by atoms with Crippen molar-refractivity contribution in [2.24, 2.45) is 7.05 Å². The van der Waals surface area contributed by atoms with E-state index >= 15 is 0 Å². The van der Waals surface area contributed by atoms with Gasteiger partial charge in [0.1, 0.15) is 11.6 Å². The second-order valence-corrected chi connectivity index (χ2v) is 6.13. The molecule has 1 saturated carbocycles. The molecule has 2 aromatic rings. The minimum atomic E-state index is -0.0913. The zero-order valence-corrected chi connectivity index (χ0v) is 12.8. The van der Waals surface area contributed by atoms with E-state index in [9.17, 15) is 4.79 Å². The van der Waals surface area contributed by atoms with Crippen LogP contribution in [0.3, 0.4) is 0 Å². The van der Waals surface area contributed by atoms with Crippen molar-refractivity contribution in [3.8, 4) is 5.75 Å². The number of hydrogen-bond acceptors (Lipinski definition) is 3. The molecule has 1 aliphatic heterocycles. The number of fused-ring (bicyclic) bond motifs is 1. The number of carbonyl (C=O) groups is 1. The summed E-state index contributed by atoms with van der Waals surface area (Å²) in [7, 11) is 2.03. The maximum atomic E-state index is 12.5. The van der Waals surface area contributed by atoms with Gasteiger partial charge in [0.25, 0.3) is 5.91 Å². The van der Waals surface area contributed by atoms with E-state index in [0.29, 0.717) is 18.3 Å². The first kappa shape index (κ1) is 13.4. The van der Waals surface area contributed by atoms with Crippen LogP contribution >= 0.6 is 0 Å². The lowest BCUT2D eigenvalue weighted by atomic mass is 10.2. The van der Waals surface area contributed by atoms with E-state index in [1.54, 1.807) is 6.20 Å². The Bertz CT molecular complexity index is 760. The minimum absolute atomic E-state index is 0.0913. The average Bonchev–Trinajstić information content (AvgIpc) is 3.16. The van der Waals surface area contributed by atoms with Crippen LogP contribution in [0.2, 0.25) is 0 Å². The Morgan fingerprint density at radius 1 is 1.41 bits per heavy atom. The van der Waals surface area contributed by atoms with Gasteiger partial charge in [-0.3, -0.25) is 4.79 Å². The van der Waals surface area contributed by atoms with E-state index in [1.165, 1.54) is 18.5 Å². The second kappa shape index (κ2) is 4.87. The fourth-order valence-electron chi connectivity index (χ4n) is 3.06. The number of amides is 1. The predicted molar refractivity (Wildman–Crippen MR) is 83.5 cm³/mol. The van der Waals surface area contributed by atoms with E-state index in [1.807, 2.05) is 26.1 Å². The summed E-state index contributed by atoms with van der Waals surface area (Å²) in [5.74, 6) is 1.95. The van der Waals surface area contributed by atoms with E-state index in [2.05, 4.69) is 14.9 Å². The van der Waals surface area contributed by atoms with Gasteiger partial charge < -0.3 is 14.6 Å².